The van der Waals surface area contributed by atoms with Crippen molar-refractivity contribution >= 4 is 32.6 Å². The van der Waals surface area contributed by atoms with E-state index in [0.717, 1.165) is 64.9 Å². The van der Waals surface area contributed by atoms with E-state index in [-0.39, 0.29) is 5.91 Å². The third-order valence-electron chi connectivity index (χ3n) is 5.31. The van der Waals surface area contributed by atoms with Crippen LogP contribution in [0.25, 0.3) is 10.2 Å². The molecule has 0 bridgehead atoms. The number of hydrogen-bond acceptors (Lipinski definition) is 6. The Labute approximate surface area is 181 Å². The van der Waals surface area contributed by atoms with E-state index in [0.29, 0.717) is 13.2 Å². The predicted octanol–water partition coefficient (Wildman–Crippen LogP) is 3.56. The van der Waals surface area contributed by atoms with Gasteiger partial charge in [-0.2, -0.15) is 0 Å². The molecule has 2 aromatic carbocycles. The Bertz CT molecular complexity index is 1010. The number of piperazine rings is 1. The molecule has 0 radical (unpaired) electrons. The van der Waals surface area contributed by atoms with E-state index >= 15 is 0 Å². The van der Waals surface area contributed by atoms with Crippen LogP contribution in [-0.4, -0.2) is 61.7 Å². The summed E-state index contributed by atoms with van der Waals surface area (Å²) in [5, 5.41) is 4.09. The first-order chi connectivity index (χ1) is 14.6. The molecule has 6 nitrogen and oxygen atoms in total. The molecule has 0 saturated carbocycles. The fourth-order valence-corrected chi connectivity index (χ4v) is 4.73. The summed E-state index contributed by atoms with van der Waals surface area (Å²) < 4.78 is 6.89. The van der Waals surface area contributed by atoms with Crippen LogP contribution in [0.2, 0.25) is 0 Å². The number of hydrogen-bond donors (Lipinski definition) is 1. The van der Waals surface area contributed by atoms with Crippen LogP contribution in [0.3, 0.4) is 0 Å². The van der Waals surface area contributed by atoms with E-state index in [4.69, 9.17) is 9.72 Å². The lowest BCUT2D eigenvalue weighted by molar-refractivity contribution is 0.0947. The third-order valence-corrected chi connectivity index (χ3v) is 6.39. The molecule has 158 valence electrons. The SMILES string of the molecule is CCOc1cccc2sc(N3CCN(CCNC(=O)c4cccc(C)c4)CC3)nc12. The van der Waals surface area contributed by atoms with Gasteiger partial charge in [0.15, 0.2) is 5.13 Å². The van der Waals surface area contributed by atoms with Crippen molar-refractivity contribution in [3.63, 3.8) is 0 Å². The van der Waals surface area contributed by atoms with Gasteiger partial charge in [-0.25, -0.2) is 4.98 Å². The van der Waals surface area contributed by atoms with Crippen molar-refractivity contribution < 1.29 is 9.53 Å². The molecule has 0 aliphatic carbocycles. The van der Waals surface area contributed by atoms with Gasteiger partial charge in [-0.05, 0) is 38.1 Å². The normalized spacial score (nSPS) is 14.8. The van der Waals surface area contributed by atoms with E-state index in [1.807, 2.05) is 50.2 Å². The maximum Gasteiger partial charge on any atom is 0.251 e. The van der Waals surface area contributed by atoms with Crippen molar-refractivity contribution in [2.75, 3.05) is 50.8 Å². The molecule has 7 heteroatoms. The van der Waals surface area contributed by atoms with E-state index in [1.54, 1.807) is 11.3 Å². The highest BCUT2D eigenvalue weighted by molar-refractivity contribution is 7.22. The number of aromatic nitrogens is 1. The molecule has 1 amide bonds. The molecule has 3 aromatic rings. The second kappa shape index (κ2) is 9.45. The number of aryl methyl sites for hydroxylation is 1. The third kappa shape index (κ3) is 4.74. The number of fused-ring (bicyclic) bond motifs is 1. The van der Waals surface area contributed by atoms with E-state index < -0.39 is 0 Å². The average molecular weight is 425 g/mol. The summed E-state index contributed by atoms with van der Waals surface area (Å²) in [7, 11) is 0. The molecule has 1 fully saturated rings. The number of benzene rings is 2. The number of anilines is 1. The molecule has 1 aromatic heterocycles. The molecule has 1 N–H and O–H groups in total. The smallest absolute Gasteiger partial charge is 0.251 e. The Morgan fingerprint density at radius 3 is 2.73 bits per heavy atom. The molecule has 2 heterocycles. The molecule has 1 aliphatic heterocycles. The number of carbonyl (C=O) groups excluding carboxylic acids is 1. The van der Waals surface area contributed by atoms with Gasteiger partial charge in [0.25, 0.3) is 5.91 Å². The summed E-state index contributed by atoms with van der Waals surface area (Å²) in [6, 6.07) is 13.8. The summed E-state index contributed by atoms with van der Waals surface area (Å²) in [6.45, 7) is 9.97. The first-order valence-electron chi connectivity index (χ1n) is 10.5. The quantitative estimate of drug-likeness (QED) is 0.629. The van der Waals surface area contributed by atoms with E-state index in [9.17, 15) is 4.79 Å². The molecule has 1 aliphatic rings. The van der Waals surface area contributed by atoms with Gasteiger partial charge in [-0.1, -0.05) is 35.1 Å². The molecule has 1 saturated heterocycles. The number of rotatable bonds is 7. The first kappa shape index (κ1) is 20.6. The minimum absolute atomic E-state index is 0.00286. The zero-order valence-corrected chi connectivity index (χ0v) is 18.4. The Hall–Kier alpha value is -2.64. The van der Waals surface area contributed by atoms with Crippen LogP contribution in [0.5, 0.6) is 5.75 Å². The van der Waals surface area contributed by atoms with Gasteiger partial charge < -0.3 is 15.0 Å². The monoisotopic (exact) mass is 424 g/mol. The Morgan fingerprint density at radius 2 is 1.97 bits per heavy atom. The molecule has 4 rings (SSSR count). The van der Waals surface area contributed by atoms with Gasteiger partial charge in [0.2, 0.25) is 0 Å². The number of amides is 1. The van der Waals surface area contributed by atoms with Gasteiger partial charge in [-0.3, -0.25) is 9.69 Å². The van der Waals surface area contributed by atoms with Gasteiger partial charge in [0.1, 0.15) is 11.3 Å². The highest BCUT2D eigenvalue weighted by Gasteiger charge is 2.20. The first-order valence-corrected chi connectivity index (χ1v) is 11.3. The number of nitrogens with one attached hydrogen (secondary N) is 1. The van der Waals surface area contributed by atoms with Crippen molar-refractivity contribution in [1.29, 1.82) is 0 Å². The lowest BCUT2D eigenvalue weighted by Crippen LogP contribution is -2.48. The Balaban J connectivity index is 1.27. The minimum Gasteiger partial charge on any atom is -0.492 e. The van der Waals surface area contributed by atoms with Crippen LogP contribution in [0.4, 0.5) is 5.13 Å². The van der Waals surface area contributed by atoms with Gasteiger partial charge >= 0.3 is 0 Å². The summed E-state index contributed by atoms with van der Waals surface area (Å²) in [6.07, 6.45) is 0. The fraction of sp³-hybridized carbons (Fsp3) is 0.391. The van der Waals surface area contributed by atoms with E-state index in [2.05, 4.69) is 21.2 Å². The number of ether oxygens (including phenoxy) is 1. The summed E-state index contributed by atoms with van der Waals surface area (Å²) in [5.41, 5.74) is 2.78. The maximum atomic E-state index is 12.3. The summed E-state index contributed by atoms with van der Waals surface area (Å²) in [4.78, 5) is 21.9. The van der Waals surface area contributed by atoms with Crippen molar-refractivity contribution in [3.8, 4) is 5.75 Å². The molecule has 30 heavy (non-hydrogen) atoms. The highest BCUT2D eigenvalue weighted by atomic mass is 32.1. The van der Waals surface area contributed by atoms with Crippen molar-refractivity contribution in [2.45, 2.75) is 13.8 Å². The molecule has 0 spiro atoms. The molecular formula is C23H28N4O2S. The van der Waals surface area contributed by atoms with Gasteiger partial charge in [0.05, 0.1) is 11.3 Å². The maximum absolute atomic E-state index is 12.3. The minimum atomic E-state index is -0.00286. The number of carbonyl (C=O) groups is 1. The summed E-state index contributed by atoms with van der Waals surface area (Å²) >= 11 is 1.72. The Kier molecular flexibility index (Phi) is 6.50. The number of nitrogens with zero attached hydrogens (tertiary/aromatic N) is 3. The van der Waals surface area contributed by atoms with Crippen LogP contribution in [-0.2, 0) is 0 Å². The second-order valence-electron chi connectivity index (χ2n) is 7.49. The summed E-state index contributed by atoms with van der Waals surface area (Å²) in [5.74, 6) is 0.859. The van der Waals surface area contributed by atoms with Crippen LogP contribution < -0.4 is 15.0 Å². The van der Waals surface area contributed by atoms with Crippen LogP contribution in [0, 0.1) is 6.92 Å². The molecule has 0 atom stereocenters. The average Bonchev–Trinajstić information content (AvgIpc) is 3.20. The van der Waals surface area contributed by atoms with Crippen LogP contribution in [0.1, 0.15) is 22.8 Å². The molecular weight excluding hydrogens is 396 g/mol. The Morgan fingerprint density at radius 1 is 1.17 bits per heavy atom. The second-order valence-corrected chi connectivity index (χ2v) is 8.50. The highest BCUT2D eigenvalue weighted by Crippen LogP contribution is 2.34. The largest absolute Gasteiger partial charge is 0.492 e. The standard InChI is InChI=1S/C23H28N4O2S/c1-3-29-19-8-5-9-20-21(19)25-23(30-20)27-14-12-26(13-15-27)11-10-24-22(28)18-7-4-6-17(2)16-18/h4-9,16H,3,10-15H2,1-2H3,(H,24,28). The van der Waals surface area contributed by atoms with E-state index in [1.165, 1.54) is 0 Å². The predicted molar refractivity (Wildman–Crippen MR) is 123 cm³/mol. The van der Waals surface area contributed by atoms with Gasteiger partial charge in [0, 0.05) is 44.8 Å². The van der Waals surface area contributed by atoms with Crippen molar-refractivity contribution in [1.82, 2.24) is 15.2 Å². The zero-order valence-electron chi connectivity index (χ0n) is 17.6. The molecule has 0 unspecified atom stereocenters. The number of para-hydroxylation sites is 1. The lowest BCUT2D eigenvalue weighted by atomic mass is 10.1. The topological polar surface area (TPSA) is 57.7 Å². The van der Waals surface area contributed by atoms with Crippen molar-refractivity contribution in [2.24, 2.45) is 0 Å². The van der Waals surface area contributed by atoms with Gasteiger partial charge in [-0.15, -0.1) is 0 Å². The number of thiazole rings is 1. The zero-order chi connectivity index (χ0) is 20.9. The lowest BCUT2D eigenvalue weighted by Gasteiger charge is -2.34. The van der Waals surface area contributed by atoms with Crippen molar-refractivity contribution in [3.05, 3.63) is 53.6 Å². The fourth-order valence-electron chi connectivity index (χ4n) is 3.70. The van der Waals surface area contributed by atoms with Crippen LogP contribution >= 0.6 is 11.3 Å². The van der Waals surface area contributed by atoms with Crippen LogP contribution in [0.15, 0.2) is 42.5 Å².